The van der Waals surface area contributed by atoms with Crippen LogP contribution >= 0.6 is 11.3 Å². The van der Waals surface area contributed by atoms with Crippen LogP contribution in [0.5, 0.6) is 0 Å². The summed E-state index contributed by atoms with van der Waals surface area (Å²) in [5, 5.41) is 5.27. The molecule has 0 aliphatic heterocycles. The molecule has 0 saturated heterocycles. The average molecular weight is 287 g/mol. The maximum absolute atomic E-state index is 12.0. The van der Waals surface area contributed by atoms with Crippen LogP contribution in [0.3, 0.4) is 0 Å². The Morgan fingerprint density at radius 2 is 2.00 bits per heavy atom. The van der Waals surface area contributed by atoms with E-state index in [1.54, 1.807) is 24.3 Å². The average Bonchev–Trinajstić information content (AvgIpc) is 2.87. The standard InChI is InChI=1S/C13H9N3O3S/c17-11-8-2-1-3-9(7(8)4-5-14-11)15-12(18)10-6-20-13(19)16-10/h1-6H,(H,14,17)(H,15,18)(H,16,19). The molecule has 2 heterocycles. The molecule has 0 saturated carbocycles. The van der Waals surface area contributed by atoms with E-state index in [-0.39, 0.29) is 16.1 Å². The fraction of sp³-hybridized carbons (Fsp3) is 0. The summed E-state index contributed by atoms with van der Waals surface area (Å²) in [6.45, 7) is 0. The third-order valence-corrected chi connectivity index (χ3v) is 3.50. The molecule has 0 fully saturated rings. The first-order chi connectivity index (χ1) is 9.65. The number of rotatable bonds is 2. The van der Waals surface area contributed by atoms with Crippen LogP contribution in [0.25, 0.3) is 10.8 Å². The minimum atomic E-state index is -0.420. The lowest BCUT2D eigenvalue weighted by Gasteiger charge is -2.07. The van der Waals surface area contributed by atoms with Crippen LogP contribution in [0.15, 0.2) is 45.4 Å². The van der Waals surface area contributed by atoms with E-state index in [1.807, 2.05) is 0 Å². The zero-order valence-corrected chi connectivity index (χ0v) is 10.9. The van der Waals surface area contributed by atoms with Crippen molar-refractivity contribution in [3.63, 3.8) is 0 Å². The Bertz CT molecular complexity index is 907. The summed E-state index contributed by atoms with van der Waals surface area (Å²) in [6, 6.07) is 6.77. The molecule has 100 valence electrons. The highest BCUT2D eigenvalue weighted by molar-refractivity contribution is 7.07. The van der Waals surface area contributed by atoms with Gasteiger partial charge in [-0.2, -0.15) is 0 Å². The highest BCUT2D eigenvalue weighted by Gasteiger charge is 2.10. The normalized spacial score (nSPS) is 10.6. The van der Waals surface area contributed by atoms with Crippen molar-refractivity contribution >= 4 is 33.7 Å². The van der Waals surface area contributed by atoms with Crippen molar-refractivity contribution in [2.24, 2.45) is 0 Å². The topological polar surface area (TPSA) is 94.8 Å². The van der Waals surface area contributed by atoms with Crippen molar-refractivity contribution in [3.05, 3.63) is 61.6 Å². The maximum Gasteiger partial charge on any atom is 0.305 e. The van der Waals surface area contributed by atoms with Gasteiger partial charge in [0, 0.05) is 28.0 Å². The van der Waals surface area contributed by atoms with E-state index in [0.717, 1.165) is 11.3 Å². The second-order valence-electron chi connectivity index (χ2n) is 4.09. The van der Waals surface area contributed by atoms with Crippen molar-refractivity contribution in [3.8, 4) is 0 Å². The Labute approximate surface area is 116 Å². The number of amides is 1. The number of benzene rings is 1. The fourth-order valence-corrected chi connectivity index (χ4v) is 2.47. The lowest BCUT2D eigenvalue weighted by atomic mass is 10.1. The molecule has 1 amide bonds. The Balaban J connectivity index is 2.03. The van der Waals surface area contributed by atoms with E-state index in [1.165, 1.54) is 11.6 Å². The van der Waals surface area contributed by atoms with E-state index in [0.29, 0.717) is 16.5 Å². The van der Waals surface area contributed by atoms with Gasteiger partial charge in [0.25, 0.3) is 11.5 Å². The first kappa shape index (κ1) is 12.4. The number of hydrogen-bond donors (Lipinski definition) is 3. The highest BCUT2D eigenvalue weighted by Crippen LogP contribution is 2.20. The van der Waals surface area contributed by atoms with E-state index in [2.05, 4.69) is 15.3 Å². The summed E-state index contributed by atoms with van der Waals surface area (Å²) in [5.74, 6) is -0.420. The van der Waals surface area contributed by atoms with E-state index >= 15 is 0 Å². The first-order valence-electron chi connectivity index (χ1n) is 5.75. The number of aromatic nitrogens is 2. The minimum absolute atomic E-state index is 0.196. The lowest BCUT2D eigenvalue weighted by molar-refractivity contribution is 0.102. The number of pyridine rings is 1. The van der Waals surface area contributed by atoms with Crippen molar-refractivity contribution in [1.82, 2.24) is 9.97 Å². The molecular formula is C13H9N3O3S. The summed E-state index contributed by atoms with van der Waals surface area (Å²) >= 11 is 0.922. The van der Waals surface area contributed by atoms with E-state index in [4.69, 9.17) is 0 Å². The van der Waals surface area contributed by atoms with Gasteiger partial charge in [-0.25, -0.2) is 0 Å². The van der Waals surface area contributed by atoms with Gasteiger partial charge in [0.15, 0.2) is 0 Å². The van der Waals surface area contributed by atoms with Gasteiger partial charge in [-0.15, -0.1) is 0 Å². The summed E-state index contributed by atoms with van der Waals surface area (Å²) in [5.41, 5.74) is 0.495. The first-order valence-corrected chi connectivity index (χ1v) is 6.63. The van der Waals surface area contributed by atoms with Crippen molar-refractivity contribution in [2.75, 3.05) is 5.32 Å². The summed E-state index contributed by atoms with van der Waals surface area (Å²) in [4.78, 5) is 39.4. The van der Waals surface area contributed by atoms with Crippen molar-refractivity contribution in [1.29, 1.82) is 0 Å². The molecule has 0 radical (unpaired) electrons. The predicted molar refractivity (Wildman–Crippen MR) is 77.5 cm³/mol. The zero-order valence-electron chi connectivity index (χ0n) is 10.1. The van der Waals surface area contributed by atoms with Gasteiger partial charge in [0.2, 0.25) is 0 Å². The molecule has 0 atom stereocenters. The third-order valence-electron chi connectivity index (χ3n) is 2.83. The van der Waals surface area contributed by atoms with Crippen LogP contribution in [0.4, 0.5) is 5.69 Å². The molecule has 7 heteroatoms. The van der Waals surface area contributed by atoms with Crippen LogP contribution < -0.4 is 15.7 Å². The largest absolute Gasteiger partial charge is 0.329 e. The number of carbonyl (C=O) groups excluding carboxylic acids is 1. The molecule has 6 nitrogen and oxygen atoms in total. The quantitative estimate of drug-likeness (QED) is 0.667. The Morgan fingerprint density at radius 1 is 1.15 bits per heavy atom. The number of hydrogen-bond acceptors (Lipinski definition) is 4. The van der Waals surface area contributed by atoms with Crippen LogP contribution in [0.2, 0.25) is 0 Å². The molecule has 2 aromatic heterocycles. The fourth-order valence-electron chi connectivity index (χ4n) is 1.91. The molecule has 0 bridgehead atoms. The van der Waals surface area contributed by atoms with E-state index in [9.17, 15) is 14.4 Å². The predicted octanol–water partition coefficient (Wildman–Crippen LogP) is 1.53. The molecule has 3 N–H and O–H groups in total. The van der Waals surface area contributed by atoms with Gasteiger partial charge in [-0.3, -0.25) is 14.4 Å². The third kappa shape index (κ3) is 2.14. The molecule has 3 aromatic rings. The lowest BCUT2D eigenvalue weighted by Crippen LogP contribution is -2.15. The highest BCUT2D eigenvalue weighted by atomic mass is 32.1. The second-order valence-corrected chi connectivity index (χ2v) is 4.93. The van der Waals surface area contributed by atoms with Gasteiger partial charge in [-0.05, 0) is 18.2 Å². The Kier molecular flexibility index (Phi) is 2.96. The van der Waals surface area contributed by atoms with Gasteiger partial charge in [0.1, 0.15) is 5.69 Å². The molecule has 0 spiro atoms. The molecule has 20 heavy (non-hydrogen) atoms. The van der Waals surface area contributed by atoms with Crippen molar-refractivity contribution < 1.29 is 4.79 Å². The van der Waals surface area contributed by atoms with Crippen molar-refractivity contribution in [2.45, 2.75) is 0 Å². The van der Waals surface area contributed by atoms with Crippen LogP contribution in [-0.2, 0) is 0 Å². The molecular weight excluding hydrogens is 278 g/mol. The Hall–Kier alpha value is -2.67. The zero-order chi connectivity index (χ0) is 14.1. The van der Waals surface area contributed by atoms with Gasteiger partial charge >= 0.3 is 4.87 Å². The molecule has 0 aliphatic carbocycles. The molecule has 0 unspecified atom stereocenters. The number of carbonyl (C=O) groups is 1. The summed E-state index contributed by atoms with van der Waals surface area (Å²) < 4.78 is 0. The smallest absolute Gasteiger partial charge is 0.305 e. The van der Waals surface area contributed by atoms with Crippen LogP contribution in [0.1, 0.15) is 10.5 Å². The summed E-state index contributed by atoms with van der Waals surface area (Å²) in [6.07, 6.45) is 1.52. The number of aromatic amines is 2. The minimum Gasteiger partial charge on any atom is -0.329 e. The molecule has 3 rings (SSSR count). The number of fused-ring (bicyclic) bond motifs is 1. The molecule has 0 aliphatic rings. The Morgan fingerprint density at radius 3 is 2.75 bits per heavy atom. The maximum atomic E-state index is 12.0. The van der Waals surface area contributed by atoms with Gasteiger partial charge in [0.05, 0.1) is 0 Å². The number of anilines is 1. The summed E-state index contributed by atoms with van der Waals surface area (Å²) in [7, 11) is 0. The van der Waals surface area contributed by atoms with Crippen LogP contribution in [-0.4, -0.2) is 15.9 Å². The SMILES string of the molecule is O=C(Nc1cccc2c(=O)[nH]ccc12)c1csc(=O)[nH]1. The van der Waals surface area contributed by atoms with Crippen LogP contribution in [0, 0.1) is 0 Å². The van der Waals surface area contributed by atoms with E-state index < -0.39 is 5.91 Å². The van der Waals surface area contributed by atoms with Gasteiger partial charge < -0.3 is 15.3 Å². The second kappa shape index (κ2) is 4.78. The number of thiazole rings is 1. The van der Waals surface area contributed by atoms with Gasteiger partial charge in [-0.1, -0.05) is 17.4 Å². The molecule has 1 aromatic carbocycles. The number of H-pyrrole nitrogens is 2. The monoisotopic (exact) mass is 287 g/mol. The number of nitrogens with one attached hydrogen (secondary N) is 3.